The lowest BCUT2D eigenvalue weighted by Gasteiger charge is -2.30. The van der Waals surface area contributed by atoms with E-state index in [0.29, 0.717) is 16.5 Å². The first-order chi connectivity index (χ1) is 14.5. The van der Waals surface area contributed by atoms with Crippen LogP contribution in [0.25, 0.3) is 11.3 Å². The predicted molar refractivity (Wildman–Crippen MR) is 118 cm³/mol. The van der Waals surface area contributed by atoms with Crippen LogP contribution < -0.4 is 5.32 Å². The summed E-state index contributed by atoms with van der Waals surface area (Å²) in [5.41, 5.74) is 2.43. The first kappa shape index (κ1) is 20.5. The van der Waals surface area contributed by atoms with Crippen LogP contribution in [-0.4, -0.2) is 34.7 Å². The van der Waals surface area contributed by atoms with Gasteiger partial charge in [-0.15, -0.1) is 11.3 Å². The Morgan fingerprint density at radius 3 is 2.77 bits per heavy atom. The molecule has 1 aromatic carbocycles. The van der Waals surface area contributed by atoms with E-state index in [1.165, 1.54) is 31.1 Å². The Kier molecular flexibility index (Phi) is 6.11. The zero-order valence-electron chi connectivity index (χ0n) is 17.2. The molecule has 1 amide bonds. The summed E-state index contributed by atoms with van der Waals surface area (Å²) in [4.78, 5) is 30.9. The molecule has 1 saturated heterocycles. The fourth-order valence-corrected chi connectivity index (χ4v) is 4.44. The lowest BCUT2D eigenvalue weighted by molar-refractivity contribution is 0.0994. The number of rotatable bonds is 6. The SMILES string of the molecule is CC(=O)c1ccc(-c2ccc(C(=O)Nc3nc(CN4CCCC(C)C4)cs3)o2)cc1. The van der Waals surface area contributed by atoms with Gasteiger partial charge in [-0.1, -0.05) is 31.2 Å². The molecular formula is C23H25N3O3S. The minimum Gasteiger partial charge on any atom is -0.451 e. The van der Waals surface area contributed by atoms with Gasteiger partial charge in [0.25, 0.3) is 5.91 Å². The highest BCUT2D eigenvalue weighted by atomic mass is 32.1. The number of furan rings is 1. The van der Waals surface area contributed by atoms with E-state index >= 15 is 0 Å². The molecule has 1 unspecified atom stereocenters. The Hall–Kier alpha value is -2.77. The van der Waals surface area contributed by atoms with Crippen molar-refractivity contribution < 1.29 is 14.0 Å². The average Bonchev–Trinajstić information content (AvgIpc) is 3.38. The lowest BCUT2D eigenvalue weighted by Crippen LogP contribution is -2.33. The summed E-state index contributed by atoms with van der Waals surface area (Å²) >= 11 is 1.43. The number of carbonyl (C=O) groups is 2. The highest BCUT2D eigenvalue weighted by Crippen LogP contribution is 2.25. The number of hydrogen-bond donors (Lipinski definition) is 1. The highest BCUT2D eigenvalue weighted by molar-refractivity contribution is 7.13. The molecule has 156 valence electrons. The highest BCUT2D eigenvalue weighted by Gasteiger charge is 2.18. The largest absolute Gasteiger partial charge is 0.451 e. The summed E-state index contributed by atoms with van der Waals surface area (Å²) in [6.45, 7) is 6.83. The molecule has 1 fully saturated rings. The molecule has 0 saturated carbocycles. The number of thiazole rings is 1. The van der Waals surface area contributed by atoms with Crippen LogP contribution in [0.3, 0.4) is 0 Å². The zero-order valence-corrected chi connectivity index (χ0v) is 18.0. The number of aromatic nitrogens is 1. The van der Waals surface area contributed by atoms with Crippen molar-refractivity contribution >= 4 is 28.2 Å². The number of ketones is 1. The molecule has 30 heavy (non-hydrogen) atoms. The van der Waals surface area contributed by atoms with Gasteiger partial charge in [-0.2, -0.15) is 0 Å². The minimum atomic E-state index is -0.325. The van der Waals surface area contributed by atoms with Crippen molar-refractivity contribution in [1.82, 2.24) is 9.88 Å². The summed E-state index contributed by atoms with van der Waals surface area (Å²) in [5, 5.41) is 5.40. The van der Waals surface area contributed by atoms with Gasteiger partial charge in [0, 0.05) is 29.6 Å². The van der Waals surface area contributed by atoms with Gasteiger partial charge in [0.15, 0.2) is 16.7 Å². The number of hydrogen-bond acceptors (Lipinski definition) is 6. The van der Waals surface area contributed by atoms with Gasteiger partial charge in [0.2, 0.25) is 0 Å². The van der Waals surface area contributed by atoms with Crippen molar-refractivity contribution in [2.75, 3.05) is 18.4 Å². The Labute approximate surface area is 179 Å². The molecule has 0 aliphatic carbocycles. The fourth-order valence-electron chi connectivity index (χ4n) is 3.74. The van der Waals surface area contributed by atoms with E-state index in [1.807, 2.05) is 17.5 Å². The average molecular weight is 424 g/mol. The summed E-state index contributed by atoms with van der Waals surface area (Å²) in [6, 6.07) is 10.5. The van der Waals surface area contributed by atoms with Gasteiger partial charge in [-0.05, 0) is 44.4 Å². The second kappa shape index (κ2) is 8.93. The van der Waals surface area contributed by atoms with Crippen LogP contribution in [-0.2, 0) is 6.54 Å². The van der Waals surface area contributed by atoms with Crippen molar-refractivity contribution in [3.63, 3.8) is 0 Å². The maximum atomic E-state index is 12.6. The van der Waals surface area contributed by atoms with Gasteiger partial charge < -0.3 is 4.42 Å². The molecule has 7 heteroatoms. The third kappa shape index (κ3) is 4.86. The Morgan fingerprint density at radius 2 is 2.03 bits per heavy atom. The number of Topliss-reactive ketones (excluding diaryl/α,β-unsaturated/α-hetero) is 1. The number of nitrogens with zero attached hydrogens (tertiary/aromatic N) is 2. The molecule has 6 nitrogen and oxygen atoms in total. The van der Waals surface area contributed by atoms with Gasteiger partial charge in [0.05, 0.1) is 5.69 Å². The second-order valence-electron chi connectivity index (χ2n) is 7.88. The van der Waals surface area contributed by atoms with E-state index in [9.17, 15) is 9.59 Å². The standard InChI is InChI=1S/C23H25N3O3S/c1-15-4-3-11-26(12-15)13-19-14-30-23(24-19)25-22(28)21-10-9-20(29-21)18-7-5-17(6-8-18)16(2)27/h5-10,14-15H,3-4,11-13H2,1-2H3,(H,24,25,28). The van der Waals surface area contributed by atoms with Crippen LogP contribution >= 0.6 is 11.3 Å². The number of likely N-dealkylation sites (tertiary alicyclic amines) is 1. The van der Waals surface area contributed by atoms with Crippen LogP contribution in [0.15, 0.2) is 46.2 Å². The van der Waals surface area contributed by atoms with E-state index in [2.05, 4.69) is 22.1 Å². The molecule has 1 aliphatic rings. The number of nitrogens with one attached hydrogen (secondary N) is 1. The molecule has 0 spiro atoms. The normalized spacial score (nSPS) is 17.1. The molecular weight excluding hydrogens is 398 g/mol. The van der Waals surface area contributed by atoms with Crippen molar-refractivity contribution in [2.45, 2.75) is 33.2 Å². The van der Waals surface area contributed by atoms with Crippen LogP contribution in [0.1, 0.15) is 53.3 Å². The predicted octanol–water partition coefficient (Wildman–Crippen LogP) is 5.09. The maximum Gasteiger partial charge on any atom is 0.293 e. The van der Waals surface area contributed by atoms with Gasteiger partial charge in [0.1, 0.15) is 5.76 Å². The number of piperidine rings is 1. The van der Waals surface area contributed by atoms with E-state index < -0.39 is 0 Å². The van der Waals surface area contributed by atoms with E-state index in [4.69, 9.17) is 4.42 Å². The first-order valence-electron chi connectivity index (χ1n) is 10.2. The topological polar surface area (TPSA) is 75.4 Å². The van der Waals surface area contributed by atoms with Crippen molar-refractivity contribution in [2.24, 2.45) is 5.92 Å². The van der Waals surface area contributed by atoms with Gasteiger partial charge in [-0.25, -0.2) is 4.98 Å². The van der Waals surface area contributed by atoms with Crippen molar-refractivity contribution in [3.8, 4) is 11.3 Å². The lowest BCUT2D eigenvalue weighted by atomic mass is 10.0. The van der Waals surface area contributed by atoms with Crippen LogP contribution in [0, 0.1) is 5.92 Å². The number of amides is 1. The third-order valence-electron chi connectivity index (χ3n) is 5.30. The Bertz CT molecular complexity index is 1040. The number of benzene rings is 1. The molecule has 1 aliphatic heterocycles. The Balaban J connectivity index is 1.37. The molecule has 3 aromatic rings. The molecule has 1 N–H and O–H groups in total. The molecule has 0 bridgehead atoms. The monoisotopic (exact) mass is 423 g/mol. The quantitative estimate of drug-likeness (QED) is 0.559. The number of anilines is 1. The van der Waals surface area contributed by atoms with Crippen LogP contribution in [0.4, 0.5) is 5.13 Å². The Morgan fingerprint density at radius 1 is 1.23 bits per heavy atom. The van der Waals surface area contributed by atoms with Crippen molar-refractivity contribution in [1.29, 1.82) is 0 Å². The molecule has 0 radical (unpaired) electrons. The number of carbonyl (C=O) groups excluding carboxylic acids is 2. The first-order valence-corrected chi connectivity index (χ1v) is 11.0. The van der Waals surface area contributed by atoms with Gasteiger partial charge >= 0.3 is 0 Å². The summed E-state index contributed by atoms with van der Waals surface area (Å²) in [7, 11) is 0. The molecule has 3 heterocycles. The minimum absolute atomic E-state index is 0.0127. The third-order valence-corrected chi connectivity index (χ3v) is 6.11. The smallest absolute Gasteiger partial charge is 0.293 e. The van der Waals surface area contributed by atoms with Crippen LogP contribution in [0.2, 0.25) is 0 Å². The van der Waals surface area contributed by atoms with E-state index in [-0.39, 0.29) is 17.5 Å². The van der Waals surface area contributed by atoms with Crippen LogP contribution in [0.5, 0.6) is 0 Å². The van der Waals surface area contributed by atoms with E-state index in [1.54, 1.807) is 24.3 Å². The van der Waals surface area contributed by atoms with E-state index in [0.717, 1.165) is 36.8 Å². The summed E-state index contributed by atoms with van der Waals surface area (Å²) in [6.07, 6.45) is 2.52. The zero-order chi connectivity index (χ0) is 21.1. The summed E-state index contributed by atoms with van der Waals surface area (Å²) < 4.78 is 5.72. The fraction of sp³-hybridized carbons (Fsp3) is 0.348. The summed E-state index contributed by atoms with van der Waals surface area (Å²) in [5.74, 6) is 1.22. The molecule has 1 atom stereocenters. The maximum absolute atomic E-state index is 12.6. The van der Waals surface area contributed by atoms with Crippen molar-refractivity contribution in [3.05, 3.63) is 58.8 Å². The molecule has 2 aromatic heterocycles. The molecule has 4 rings (SSSR count). The van der Waals surface area contributed by atoms with Gasteiger partial charge in [-0.3, -0.25) is 19.8 Å². The second-order valence-corrected chi connectivity index (χ2v) is 8.74.